The quantitative estimate of drug-likeness (QED) is 0.676. The van der Waals surface area contributed by atoms with Gasteiger partial charge >= 0.3 is 12.1 Å². The zero-order valence-corrected chi connectivity index (χ0v) is 12.3. The van der Waals surface area contributed by atoms with Crippen molar-refractivity contribution in [1.29, 1.82) is 0 Å². The summed E-state index contributed by atoms with van der Waals surface area (Å²) >= 11 is 0. The second-order valence-corrected chi connectivity index (χ2v) is 4.41. The van der Waals surface area contributed by atoms with Crippen molar-refractivity contribution in [2.75, 3.05) is 13.7 Å². The Hall–Kier alpha value is -2.77. The van der Waals surface area contributed by atoms with Crippen LogP contribution >= 0.6 is 0 Å². The Kier molecular flexibility index (Phi) is 6.68. The highest BCUT2D eigenvalue weighted by Gasteiger charge is 2.14. The summed E-state index contributed by atoms with van der Waals surface area (Å²) in [7, 11) is 1.55. The van der Waals surface area contributed by atoms with E-state index in [1.807, 2.05) is 0 Å². The first-order chi connectivity index (χ1) is 10.4. The van der Waals surface area contributed by atoms with Gasteiger partial charge in [-0.15, -0.1) is 0 Å². The van der Waals surface area contributed by atoms with Gasteiger partial charge in [0.1, 0.15) is 24.9 Å². The Labute approximate surface area is 127 Å². The summed E-state index contributed by atoms with van der Waals surface area (Å²) < 4.78 is 9.92. The third-order valence-corrected chi connectivity index (χ3v) is 2.67. The topological polar surface area (TPSA) is 114 Å². The summed E-state index contributed by atoms with van der Waals surface area (Å²) in [6, 6.07) is 5.93. The molecule has 1 rings (SSSR count). The molecule has 1 atom stereocenters. The lowest BCUT2D eigenvalue weighted by Gasteiger charge is -2.10. The van der Waals surface area contributed by atoms with Crippen molar-refractivity contribution < 1.29 is 29.0 Å². The summed E-state index contributed by atoms with van der Waals surface area (Å²) in [5, 5.41) is 13.0. The second-order valence-electron chi connectivity index (χ2n) is 4.41. The predicted molar refractivity (Wildman–Crippen MR) is 76.4 cm³/mol. The molecule has 3 N–H and O–H groups in total. The molecule has 0 heterocycles. The number of methoxy groups -OCH3 is 1. The lowest BCUT2D eigenvalue weighted by Crippen LogP contribution is -2.44. The van der Waals surface area contributed by atoms with Gasteiger partial charge < -0.3 is 25.2 Å². The predicted octanol–water partition coefficient (Wildman–Crippen LogP) is 0.511. The minimum Gasteiger partial charge on any atom is -0.497 e. The fourth-order valence-electron chi connectivity index (χ4n) is 1.43. The molecular formula is C14H18N2O6. The fraction of sp³-hybridized carbons (Fsp3) is 0.357. The highest BCUT2D eigenvalue weighted by atomic mass is 16.5. The minimum atomic E-state index is -1.16. The highest BCUT2D eigenvalue weighted by Crippen LogP contribution is 2.11. The van der Waals surface area contributed by atoms with Gasteiger partial charge in [-0.3, -0.25) is 9.59 Å². The van der Waals surface area contributed by atoms with Crippen LogP contribution in [-0.4, -0.2) is 42.8 Å². The first kappa shape index (κ1) is 17.3. The second kappa shape index (κ2) is 8.50. The van der Waals surface area contributed by atoms with Crippen LogP contribution in [0.1, 0.15) is 12.5 Å². The molecule has 1 aromatic carbocycles. The molecule has 0 aliphatic heterocycles. The Morgan fingerprint density at radius 1 is 1.23 bits per heavy atom. The lowest BCUT2D eigenvalue weighted by atomic mass is 10.2. The van der Waals surface area contributed by atoms with E-state index in [0.717, 1.165) is 5.56 Å². The molecule has 0 fully saturated rings. The molecule has 0 saturated carbocycles. The van der Waals surface area contributed by atoms with E-state index in [4.69, 9.17) is 14.6 Å². The van der Waals surface area contributed by atoms with Gasteiger partial charge in [0.05, 0.1) is 7.11 Å². The molecule has 0 aromatic heterocycles. The molecule has 8 nitrogen and oxygen atoms in total. The van der Waals surface area contributed by atoms with Crippen LogP contribution in [0.5, 0.6) is 5.75 Å². The van der Waals surface area contributed by atoms with Crippen molar-refractivity contribution in [2.45, 2.75) is 19.6 Å². The van der Waals surface area contributed by atoms with Crippen LogP contribution in [-0.2, 0) is 20.9 Å². The molecular weight excluding hydrogens is 292 g/mol. The van der Waals surface area contributed by atoms with Gasteiger partial charge in [-0.05, 0) is 24.6 Å². The standard InChI is InChI=1S/C14H18N2O6/c1-9(13(18)19)16-12(17)7-15-14(20)22-8-10-3-5-11(21-2)6-4-10/h3-6,9H,7-8H2,1-2H3,(H,15,20)(H,16,17)(H,18,19)/t9-/m0/s1. The Morgan fingerprint density at radius 3 is 2.41 bits per heavy atom. The summed E-state index contributed by atoms with van der Waals surface area (Å²) in [6.07, 6.45) is -0.769. The van der Waals surface area contributed by atoms with Gasteiger partial charge in [-0.1, -0.05) is 12.1 Å². The number of nitrogens with one attached hydrogen (secondary N) is 2. The van der Waals surface area contributed by atoms with E-state index in [9.17, 15) is 14.4 Å². The molecule has 0 radical (unpaired) electrons. The number of carbonyl (C=O) groups is 3. The Balaban J connectivity index is 2.28. The van der Waals surface area contributed by atoms with Crippen molar-refractivity contribution in [3.8, 4) is 5.75 Å². The maximum absolute atomic E-state index is 11.4. The van der Waals surface area contributed by atoms with E-state index in [0.29, 0.717) is 5.75 Å². The Morgan fingerprint density at radius 2 is 1.86 bits per heavy atom. The summed E-state index contributed by atoms with van der Waals surface area (Å²) in [4.78, 5) is 33.3. The van der Waals surface area contributed by atoms with Crippen LogP contribution in [0.2, 0.25) is 0 Å². The SMILES string of the molecule is COc1ccc(COC(=O)NCC(=O)N[C@@H](C)C(=O)O)cc1. The summed E-state index contributed by atoms with van der Waals surface area (Å²) in [5.74, 6) is -1.08. The van der Waals surface area contributed by atoms with Gasteiger partial charge in [-0.2, -0.15) is 0 Å². The number of benzene rings is 1. The van der Waals surface area contributed by atoms with E-state index in [1.54, 1.807) is 31.4 Å². The molecule has 22 heavy (non-hydrogen) atoms. The van der Waals surface area contributed by atoms with E-state index >= 15 is 0 Å². The number of alkyl carbamates (subject to hydrolysis) is 1. The first-order valence-electron chi connectivity index (χ1n) is 6.48. The third-order valence-electron chi connectivity index (χ3n) is 2.67. The highest BCUT2D eigenvalue weighted by molar-refractivity contribution is 5.86. The number of rotatable bonds is 7. The van der Waals surface area contributed by atoms with Crippen molar-refractivity contribution in [3.05, 3.63) is 29.8 Å². The normalized spacial score (nSPS) is 11.2. The number of amides is 2. The number of ether oxygens (including phenoxy) is 2. The van der Waals surface area contributed by atoms with Crippen LogP contribution in [0.3, 0.4) is 0 Å². The van der Waals surface area contributed by atoms with Gasteiger partial charge in [0.15, 0.2) is 0 Å². The average molecular weight is 310 g/mol. The molecule has 2 amide bonds. The number of carboxylic acids is 1. The smallest absolute Gasteiger partial charge is 0.407 e. The molecule has 1 aromatic rings. The van der Waals surface area contributed by atoms with Crippen molar-refractivity contribution in [2.24, 2.45) is 0 Å². The zero-order valence-electron chi connectivity index (χ0n) is 12.3. The number of carboxylic acid groups (broad SMARTS) is 1. The van der Waals surface area contributed by atoms with Gasteiger partial charge in [0.2, 0.25) is 5.91 Å². The fourth-order valence-corrected chi connectivity index (χ4v) is 1.43. The summed E-state index contributed by atoms with van der Waals surface area (Å²) in [6.45, 7) is 1.00. The average Bonchev–Trinajstić information content (AvgIpc) is 2.51. The van der Waals surface area contributed by atoms with Crippen molar-refractivity contribution in [1.82, 2.24) is 10.6 Å². The van der Waals surface area contributed by atoms with Gasteiger partial charge in [-0.25, -0.2) is 4.79 Å². The minimum absolute atomic E-state index is 0.0446. The molecule has 120 valence electrons. The van der Waals surface area contributed by atoms with E-state index < -0.39 is 24.0 Å². The third kappa shape index (κ3) is 6.12. The van der Waals surface area contributed by atoms with E-state index in [2.05, 4.69) is 10.6 Å². The van der Waals surface area contributed by atoms with Crippen molar-refractivity contribution >= 4 is 18.0 Å². The molecule has 0 unspecified atom stereocenters. The number of hydrogen-bond donors (Lipinski definition) is 3. The van der Waals surface area contributed by atoms with Crippen LogP contribution in [0, 0.1) is 0 Å². The molecule has 0 aliphatic carbocycles. The van der Waals surface area contributed by atoms with Crippen LogP contribution in [0.15, 0.2) is 24.3 Å². The maximum Gasteiger partial charge on any atom is 0.407 e. The number of carbonyl (C=O) groups excluding carboxylic acids is 2. The Bertz CT molecular complexity index is 529. The summed E-state index contributed by atoms with van der Waals surface area (Å²) in [5.41, 5.74) is 0.764. The van der Waals surface area contributed by atoms with Crippen molar-refractivity contribution in [3.63, 3.8) is 0 Å². The van der Waals surface area contributed by atoms with Gasteiger partial charge in [0.25, 0.3) is 0 Å². The van der Waals surface area contributed by atoms with Crippen LogP contribution in [0.4, 0.5) is 4.79 Å². The first-order valence-corrected chi connectivity index (χ1v) is 6.48. The molecule has 8 heteroatoms. The van der Waals surface area contributed by atoms with E-state index in [1.165, 1.54) is 6.92 Å². The van der Waals surface area contributed by atoms with Gasteiger partial charge in [0, 0.05) is 0 Å². The molecule has 0 aliphatic rings. The molecule has 0 bridgehead atoms. The van der Waals surface area contributed by atoms with Crippen LogP contribution < -0.4 is 15.4 Å². The molecule has 0 spiro atoms. The zero-order chi connectivity index (χ0) is 16.5. The largest absolute Gasteiger partial charge is 0.497 e. The van der Waals surface area contributed by atoms with E-state index in [-0.39, 0.29) is 13.2 Å². The number of hydrogen-bond acceptors (Lipinski definition) is 5. The lowest BCUT2D eigenvalue weighted by molar-refractivity contribution is -0.141. The number of aliphatic carboxylic acids is 1. The monoisotopic (exact) mass is 310 g/mol. The molecule has 0 saturated heterocycles. The maximum atomic E-state index is 11.4. The van der Waals surface area contributed by atoms with Crippen LogP contribution in [0.25, 0.3) is 0 Å².